The number of H-pyrrole nitrogens is 2. The van der Waals surface area contributed by atoms with Crippen LogP contribution in [0.1, 0.15) is 23.5 Å². The maximum Gasteiger partial charge on any atom is 0.120 e. The van der Waals surface area contributed by atoms with Gasteiger partial charge in [-0.1, -0.05) is 97.1 Å². The Hall–Kier alpha value is -5.34. The second kappa shape index (κ2) is 8.58. The fraction of sp³-hybridized carbons (Fsp3) is 0.118. The minimum atomic E-state index is -0.0391. The van der Waals surface area contributed by atoms with Gasteiger partial charge in [0.25, 0.3) is 0 Å². The third kappa shape index (κ3) is 3.21. The average molecular weight is 551 g/mol. The van der Waals surface area contributed by atoms with Crippen molar-refractivity contribution in [2.75, 3.05) is 28.3 Å². The van der Waals surface area contributed by atoms with E-state index in [1.807, 2.05) is 0 Å². The van der Waals surface area contributed by atoms with E-state index < -0.39 is 0 Å². The summed E-state index contributed by atoms with van der Waals surface area (Å²) in [7, 11) is 4.28. The fourth-order valence-electron chi connectivity index (χ4n) is 6.92. The predicted molar refractivity (Wildman–Crippen MR) is 173 cm³/mol. The van der Waals surface area contributed by atoms with Crippen LogP contribution in [0.4, 0.5) is 34.9 Å². The third-order valence-electron chi connectivity index (χ3n) is 8.99. The van der Waals surface area contributed by atoms with Gasteiger partial charge in [-0.15, -0.1) is 0 Å². The zero-order valence-electron chi connectivity index (χ0n) is 23.3. The standard InChI is InChI=1S/C34H30N8/c1-41-31-23-15-7-8-16-24(23)32(41)38-28-20-12-4-6-14-22(20)30(36-28)40-34-26-18-10-9-17-25(26)33(42(34)2)39-29-21-13-5-3-11-19(21)27(35-29)37-31/h3-18,31-32,35-40H,1-2H3. The highest BCUT2D eigenvalue weighted by Gasteiger charge is 2.37. The molecule has 2 atom stereocenters. The van der Waals surface area contributed by atoms with Gasteiger partial charge >= 0.3 is 0 Å². The van der Waals surface area contributed by atoms with Gasteiger partial charge in [0.15, 0.2) is 0 Å². The monoisotopic (exact) mass is 550 g/mol. The van der Waals surface area contributed by atoms with E-state index in [1.165, 1.54) is 11.1 Å². The lowest BCUT2D eigenvalue weighted by atomic mass is 10.1. The summed E-state index contributed by atoms with van der Waals surface area (Å²) in [5.41, 5.74) is 2.50. The summed E-state index contributed by atoms with van der Waals surface area (Å²) in [6.45, 7) is 0. The number of rotatable bonds is 0. The normalized spacial score (nSPS) is 18.0. The topological polar surface area (TPSA) is 87.9 Å². The van der Waals surface area contributed by atoms with Gasteiger partial charge in [-0.3, -0.25) is 4.90 Å². The molecule has 8 nitrogen and oxygen atoms in total. The highest BCUT2D eigenvalue weighted by Crippen LogP contribution is 2.46. The first-order chi connectivity index (χ1) is 20.7. The second-order valence-electron chi connectivity index (χ2n) is 11.3. The molecule has 8 bridgehead atoms. The summed E-state index contributed by atoms with van der Waals surface area (Å²) in [4.78, 5) is 9.79. The van der Waals surface area contributed by atoms with E-state index in [4.69, 9.17) is 0 Å². The number of nitrogens with one attached hydrogen (secondary N) is 6. The van der Waals surface area contributed by atoms with Crippen LogP contribution in [0.15, 0.2) is 97.1 Å². The molecule has 2 unspecified atom stereocenters. The molecule has 0 saturated carbocycles. The molecule has 3 aromatic heterocycles. The Morgan fingerprint density at radius 3 is 1.24 bits per heavy atom. The molecule has 6 N–H and O–H groups in total. The molecule has 42 heavy (non-hydrogen) atoms. The molecule has 7 aromatic rings. The second-order valence-corrected chi connectivity index (χ2v) is 11.3. The van der Waals surface area contributed by atoms with Crippen LogP contribution in [0.5, 0.6) is 0 Å². The van der Waals surface area contributed by atoms with Crippen LogP contribution >= 0.6 is 0 Å². The molecular weight excluding hydrogens is 520 g/mol. The molecule has 4 aromatic carbocycles. The van der Waals surface area contributed by atoms with Crippen LogP contribution in [-0.2, 0) is 7.05 Å². The number of hydrogen-bond donors (Lipinski definition) is 6. The Labute approximate surface area is 242 Å². The minimum absolute atomic E-state index is 0.0391. The SMILES string of the molecule is CN1C2Nc3[nH]c(c4ccccc34)Nc3c4ccccc4c(n3C)Nc3[nH]c(c4ccccc34)NC1c1ccccc12. The van der Waals surface area contributed by atoms with E-state index in [0.29, 0.717) is 0 Å². The molecule has 8 heteroatoms. The van der Waals surface area contributed by atoms with Crippen LogP contribution in [0.25, 0.3) is 32.3 Å². The summed E-state index contributed by atoms with van der Waals surface area (Å²) >= 11 is 0. The molecular formula is C34H30N8. The summed E-state index contributed by atoms with van der Waals surface area (Å²) in [5.74, 6) is 5.89. The van der Waals surface area contributed by atoms with Gasteiger partial charge in [0.1, 0.15) is 47.2 Å². The first-order valence-electron chi connectivity index (χ1n) is 14.3. The Morgan fingerprint density at radius 1 is 0.452 bits per heavy atom. The number of hydrogen-bond acceptors (Lipinski definition) is 5. The molecule has 2 aliphatic rings. The fourth-order valence-corrected chi connectivity index (χ4v) is 6.92. The minimum Gasteiger partial charge on any atom is -0.352 e. The van der Waals surface area contributed by atoms with Crippen molar-refractivity contribution in [1.82, 2.24) is 19.4 Å². The Bertz CT molecular complexity index is 2020. The molecule has 0 radical (unpaired) electrons. The van der Waals surface area contributed by atoms with Gasteiger partial charge in [-0.2, -0.15) is 0 Å². The molecule has 0 saturated heterocycles. The van der Waals surface area contributed by atoms with Crippen molar-refractivity contribution in [1.29, 1.82) is 0 Å². The number of aromatic nitrogens is 3. The molecule has 0 aliphatic carbocycles. The lowest BCUT2D eigenvalue weighted by molar-refractivity contribution is 0.245. The van der Waals surface area contributed by atoms with Gasteiger partial charge in [0.2, 0.25) is 0 Å². The Kier molecular flexibility index (Phi) is 4.77. The average Bonchev–Trinajstić information content (AvgIpc) is 3.71. The molecule has 9 rings (SSSR count). The predicted octanol–water partition coefficient (Wildman–Crippen LogP) is 8.11. The maximum absolute atomic E-state index is 3.87. The maximum atomic E-state index is 3.87. The van der Waals surface area contributed by atoms with Gasteiger partial charge in [0, 0.05) is 39.4 Å². The van der Waals surface area contributed by atoms with Crippen molar-refractivity contribution in [3.05, 3.63) is 108 Å². The van der Waals surface area contributed by atoms with Crippen molar-refractivity contribution in [2.24, 2.45) is 7.05 Å². The van der Waals surface area contributed by atoms with Crippen LogP contribution < -0.4 is 21.3 Å². The van der Waals surface area contributed by atoms with Crippen molar-refractivity contribution >= 4 is 67.2 Å². The number of anilines is 6. The van der Waals surface area contributed by atoms with Crippen molar-refractivity contribution in [3.8, 4) is 0 Å². The summed E-state index contributed by atoms with van der Waals surface area (Å²) in [6.07, 6.45) is -0.0781. The summed E-state index contributed by atoms with van der Waals surface area (Å²) in [5, 5.41) is 22.1. The van der Waals surface area contributed by atoms with Gasteiger partial charge in [-0.05, 0) is 18.2 Å². The van der Waals surface area contributed by atoms with Crippen LogP contribution in [0, 0.1) is 0 Å². The quantitative estimate of drug-likeness (QED) is 0.115. The molecule has 0 fully saturated rings. The summed E-state index contributed by atoms with van der Waals surface area (Å²) < 4.78 is 2.20. The largest absolute Gasteiger partial charge is 0.352 e. The molecule has 2 aliphatic heterocycles. The first kappa shape index (κ1) is 23.4. The highest BCUT2D eigenvalue weighted by atomic mass is 15.4. The number of fused-ring (bicyclic) bond motifs is 20. The number of aromatic amines is 2. The van der Waals surface area contributed by atoms with Gasteiger partial charge < -0.3 is 35.8 Å². The van der Waals surface area contributed by atoms with Crippen LogP contribution in [0.2, 0.25) is 0 Å². The smallest absolute Gasteiger partial charge is 0.120 e. The Morgan fingerprint density at radius 2 is 0.810 bits per heavy atom. The van der Waals surface area contributed by atoms with Crippen molar-refractivity contribution < 1.29 is 0 Å². The van der Waals surface area contributed by atoms with Crippen molar-refractivity contribution in [3.63, 3.8) is 0 Å². The number of nitrogens with zero attached hydrogens (tertiary/aromatic N) is 2. The highest BCUT2D eigenvalue weighted by molar-refractivity contribution is 6.09. The molecule has 206 valence electrons. The number of benzene rings is 4. The summed E-state index contributed by atoms with van der Waals surface area (Å²) in [6, 6.07) is 34.3. The zero-order chi connectivity index (χ0) is 27.9. The van der Waals surface area contributed by atoms with E-state index in [1.54, 1.807) is 0 Å². The first-order valence-corrected chi connectivity index (χ1v) is 14.3. The van der Waals surface area contributed by atoms with E-state index in [-0.39, 0.29) is 12.3 Å². The van der Waals surface area contributed by atoms with E-state index >= 15 is 0 Å². The van der Waals surface area contributed by atoms with Crippen LogP contribution in [0.3, 0.4) is 0 Å². The lowest BCUT2D eigenvalue weighted by Crippen LogP contribution is -2.31. The molecule has 0 spiro atoms. The van der Waals surface area contributed by atoms with E-state index in [2.05, 4.69) is 152 Å². The van der Waals surface area contributed by atoms with Gasteiger partial charge in [-0.25, -0.2) is 0 Å². The Balaban J connectivity index is 1.32. The lowest BCUT2D eigenvalue weighted by Gasteiger charge is -2.28. The molecule has 0 amide bonds. The van der Waals surface area contributed by atoms with E-state index in [9.17, 15) is 0 Å². The van der Waals surface area contributed by atoms with E-state index in [0.717, 1.165) is 67.2 Å². The van der Waals surface area contributed by atoms with Gasteiger partial charge in [0.05, 0.1) is 0 Å². The zero-order valence-corrected chi connectivity index (χ0v) is 23.3. The van der Waals surface area contributed by atoms with Crippen LogP contribution in [-0.4, -0.2) is 26.5 Å². The molecule has 5 heterocycles. The van der Waals surface area contributed by atoms with Crippen molar-refractivity contribution in [2.45, 2.75) is 12.3 Å². The third-order valence-corrected chi connectivity index (χ3v) is 8.99.